The smallest absolute Gasteiger partial charge is 0.234 e. The Kier molecular flexibility index (Phi) is 6.88. The van der Waals surface area contributed by atoms with Crippen LogP contribution in [-0.4, -0.2) is 50.1 Å². The summed E-state index contributed by atoms with van der Waals surface area (Å²) in [7, 11) is 0. The molecule has 2 aromatic carbocycles. The number of rotatable bonds is 7. The number of amides is 1. The van der Waals surface area contributed by atoms with Gasteiger partial charge in [0.1, 0.15) is 0 Å². The summed E-state index contributed by atoms with van der Waals surface area (Å²) in [6, 6.07) is 19.2. The van der Waals surface area contributed by atoms with Gasteiger partial charge in [0.05, 0.1) is 6.54 Å². The highest BCUT2D eigenvalue weighted by atomic mass is 16.2. The zero-order chi connectivity index (χ0) is 19.1. The minimum absolute atomic E-state index is 0.127. The largest absolute Gasteiger partial charge is 0.369 e. The first-order chi connectivity index (χ1) is 13.1. The van der Waals surface area contributed by atoms with Crippen molar-refractivity contribution in [3.63, 3.8) is 0 Å². The van der Waals surface area contributed by atoms with Gasteiger partial charge in [-0.1, -0.05) is 56.3 Å². The van der Waals surface area contributed by atoms with E-state index in [4.69, 9.17) is 0 Å². The third-order valence-corrected chi connectivity index (χ3v) is 5.24. The monoisotopic (exact) mass is 365 g/mol. The lowest BCUT2D eigenvalue weighted by Gasteiger charge is -2.35. The first-order valence-electron chi connectivity index (χ1n) is 9.99. The van der Waals surface area contributed by atoms with Crippen LogP contribution in [0.5, 0.6) is 0 Å². The van der Waals surface area contributed by atoms with Crippen molar-refractivity contribution >= 4 is 11.6 Å². The maximum absolute atomic E-state index is 12.2. The highest BCUT2D eigenvalue weighted by Crippen LogP contribution is 2.16. The summed E-state index contributed by atoms with van der Waals surface area (Å²) in [5.41, 5.74) is 3.90. The number of para-hydroxylation sites is 1. The molecule has 0 saturated carbocycles. The molecule has 4 heteroatoms. The van der Waals surface area contributed by atoms with Crippen LogP contribution in [0.15, 0.2) is 54.6 Å². The zero-order valence-corrected chi connectivity index (χ0v) is 16.5. The number of carbonyl (C=O) groups is 1. The predicted octanol–water partition coefficient (Wildman–Crippen LogP) is 3.29. The Morgan fingerprint density at radius 3 is 2.26 bits per heavy atom. The van der Waals surface area contributed by atoms with Gasteiger partial charge in [-0.2, -0.15) is 0 Å². The summed E-state index contributed by atoms with van der Waals surface area (Å²) >= 11 is 0. The molecule has 1 saturated heterocycles. The van der Waals surface area contributed by atoms with Crippen LogP contribution < -0.4 is 10.2 Å². The van der Waals surface area contributed by atoms with Gasteiger partial charge in [-0.05, 0) is 35.6 Å². The molecule has 1 aliphatic heterocycles. The molecule has 2 aromatic rings. The molecule has 0 aromatic heterocycles. The minimum Gasteiger partial charge on any atom is -0.369 e. The van der Waals surface area contributed by atoms with Gasteiger partial charge in [0, 0.05) is 38.4 Å². The molecule has 1 aliphatic rings. The van der Waals surface area contributed by atoms with Crippen LogP contribution in [0.4, 0.5) is 5.69 Å². The maximum atomic E-state index is 12.2. The molecule has 0 unspecified atom stereocenters. The van der Waals surface area contributed by atoms with Crippen LogP contribution in [0, 0.1) is 0 Å². The first-order valence-corrected chi connectivity index (χ1v) is 9.99. The lowest BCUT2D eigenvalue weighted by molar-refractivity contribution is -0.122. The molecule has 1 amide bonds. The van der Waals surface area contributed by atoms with Gasteiger partial charge >= 0.3 is 0 Å². The molecule has 0 aliphatic carbocycles. The van der Waals surface area contributed by atoms with E-state index >= 15 is 0 Å². The van der Waals surface area contributed by atoms with Crippen LogP contribution in [-0.2, 0) is 11.2 Å². The fraction of sp³-hybridized carbons (Fsp3) is 0.435. The van der Waals surface area contributed by atoms with E-state index in [1.54, 1.807) is 0 Å². The van der Waals surface area contributed by atoms with E-state index in [1.807, 2.05) is 6.07 Å². The van der Waals surface area contributed by atoms with Gasteiger partial charge in [-0.15, -0.1) is 0 Å². The highest BCUT2D eigenvalue weighted by Gasteiger charge is 2.18. The van der Waals surface area contributed by atoms with E-state index in [-0.39, 0.29) is 5.91 Å². The van der Waals surface area contributed by atoms with Gasteiger partial charge in [0.25, 0.3) is 0 Å². The van der Waals surface area contributed by atoms with Crippen molar-refractivity contribution in [3.8, 4) is 0 Å². The average molecular weight is 366 g/mol. The SMILES string of the molecule is CC(C)c1ccc(CCNC(=O)CN2CCN(c3ccccc3)CC2)cc1. The van der Waals surface area contributed by atoms with E-state index < -0.39 is 0 Å². The maximum Gasteiger partial charge on any atom is 0.234 e. The fourth-order valence-corrected chi connectivity index (χ4v) is 3.48. The van der Waals surface area contributed by atoms with E-state index in [1.165, 1.54) is 16.8 Å². The Morgan fingerprint density at radius 1 is 0.963 bits per heavy atom. The Labute approximate surface area is 163 Å². The summed E-state index contributed by atoms with van der Waals surface area (Å²) in [5.74, 6) is 0.683. The summed E-state index contributed by atoms with van der Waals surface area (Å²) in [6.45, 7) is 9.40. The fourth-order valence-electron chi connectivity index (χ4n) is 3.48. The number of anilines is 1. The van der Waals surface area contributed by atoms with Crippen LogP contribution in [0.3, 0.4) is 0 Å². The summed E-state index contributed by atoms with van der Waals surface area (Å²) in [6.07, 6.45) is 0.881. The Bertz CT molecular complexity index is 704. The van der Waals surface area contributed by atoms with Gasteiger partial charge in [0.2, 0.25) is 5.91 Å². The molecule has 144 valence electrons. The number of hydrogen-bond donors (Lipinski definition) is 1. The van der Waals surface area contributed by atoms with Crippen LogP contribution in [0.2, 0.25) is 0 Å². The van der Waals surface area contributed by atoms with E-state index in [0.29, 0.717) is 19.0 Å². The molecule has 27 heavy (non-hydrogen) atoms. The number of benzene rings is 2. The molecule has 1 heterocycles. The van der Waals surface area contributed by atoms with Gasteiger partial charge in [-0.25, -0.2) is 0 Å². The summed E-state index contributed by atoms with van der Waals surface area (Å²) in [5, 5.41) is 3.06. The van der Waals surface area contributed by atoms with Crippen molar-refractivity contribution < 1.29 is 4.79 Å². The highest BCUT2D eigenvalue weighted by molar-refractivity contribution is 5.78. The molecule has 0 spiro atoms. The third kappa shape index (κ3) is 5.83. The van der Waals surface area contributed by atoms with Crippen molar-refractivity contribution in [1.82, 2.24) is 10.2 Å². The summed E-state index contributed by atoms with van der Waals surface area (Å²) in [4.78, 5) is 16.9. The lowest BCUT2D eigenvalue weighted by Crippen LogP contribution is -2.49. The topological polar surface area (TPSA) is 35.6 Å². The summed E-state index contributed by atoms with van der Waals surface area (Å²) < 4.78 is 0. The number of hydrogen-bond acceptors (Lipinski definition) is 3. The zero-order valence-electron chi connectivity index (χ0n) is 16.5. The van der Waals surface area contributed by atoms with Crippen molar-refractivity contribution in [1.29, 1.82) is 0 Å². The van der Waals surface area contributed by atoms with E-state index in [2.05, 4.69) is 77.5 Å². The lowest BCUT2D eigenvalue weighted by atomic mass is 10.0. The van der Waals surface area contributed by atoms with Crippen molar-refractivity contribution in [2.24, 2.45) is 0 Å². The Hall–Kier alpha value is -2.33. The second kappa shape index (κ2) is 9.56. The molecular weight excluding hydrogens is 334 g/mol. The first kappa shape index (κ1) is 19.4. The molecule has 4 nitrogen and oxygen atoms in total. The minimum atomic E-state index is 0.127. The molecule has 3 rings (SSSR count). The number of piperazine rings is 1. The second-order valence-electron chi connectivity index (χ2n) is 7.59. The van der Waals surface area contributed by atoms with Gasteiger partial charge in [-0.3, -0.25) is 9.69 Å². The van der Waals surface area contributed by atoms with Gasteiger partial charge in [0.15, 0.2) is 0 Å². The van der Waals surface area contributed by atoms with Gasteiger partial charge < -0.3 is 10.2 Å². The van der Waals surface area contributed by atoms with E-state index in [9.17, 15) is 4.79 Å². The van der Waals surface area contributed by atoms with Crippen molar-refractivity contribution in [3.05, 3.63) is 65.7 Å². The molecular formula is C23H31N3O. The Balaban J connectivity index is 1.35. The van der Waals surface area contributed by atoms with Crippen molar-refractivity contribution in [2.75, 3.05) is 44.2 Å². The van der Waals surface area contributed by atoms with Crippen LogP contribution in [0.25, 0.3) is 0 Å². The van der Waals surface area contributed by atoms with Crippen LogP contribution >= 0.6 is 0 Å². The molecule has 0 bridgehead atoms. The Morgan fingerprint density at radius 2 is 1.63 bits per heavy atom. The number of nitrogens with one attached hydrogen (secondary N) is 1. The van der Waals surface area contributed by atoms with Crippen molar-refractivity contribution in [2.45, 2.75) is 26.2 Å². The quantitative estimate of drug-likeness (QED) is 0.818. The average Bonchev–Trinajstić information content (AvgIpc) is 2.69. The molecule has 1 fully saturated rings. The predicted molar refractivity (Wildman–Crippen MR) is 112 cm³/mol. The van der Waals surface area contributed by atoms with E-state index in [0.717, 1.165) is 32.6 Å². The second-order valence-corrected chi connectivity index (χ2v) is 7.59. The standard InChI is InChI=1S/C23H31N3O/c1-19(2)21-10-8-20(9-11-21)12-13-24-23(27)18-25-14-16-26(17-15-25)22-6-4-3-5-7-22/h3-11,19H,12-18H2,1-2H3,(H,24,27). The number of carbonyl (C=O) groups excluding carboxylic acids is 1. The van der Waals surface area contributed by atoms with Crippen LogP contribution in [0.1, 0.15) is 30.9 Å². The molecule has 0 radical (unpaired) electrons. The molecule has 1 N–H and O–H groups in total. The third-order valence-electron chi connectivity index (χ3n) is 5.24. The number of nitrogens with zero attached hydrogens (tertiary/aromatic N) is 2. The molecule has 0 atom stereocenters. The normalized spacial score (nSPS) is 15.1.